The fourth-order valence-electron chi connectivity index (χ4n) is 2.78. The lowest BCUT2D eigenvalue weighted by Gasteiger charge is -2.09. The van der Waals surface area contributed by atoms with Crippen LogP contribution in [-0.4, -0.2) is 18.4 Å². The van der Waals surface area contributed by atoms with Gasteiger partial charge in [-0.2, -0.15) is 0 Å². The van der Waals surface area contributed by atoms with Crippen LogP contribution in [0.1, 0.15) is 10.4 Å². The highest BCUT2D eigenvalue weighted by Crippen LogP contribution is 2.33. The highest BCUT2D eigenvalue weighted by molar-refractivity contribution is 7.92. The molecule has 7 heteroatoms. The SMILES string of the molecule is Cc1sc2ncnc(NS(=O)(=O)c3ccc4ccccc4c3)c2c1C. The number of benzene rings is 2. The number of aromatic nitrogens is 2. The molecule has 0 fully saturated rings. The van der Waals surface area contributed by atoms with Gasteiger partial charge in [0.05, 0.1) is 10.3 Å². The zero-order chi connectivity index (χ0) is 17.6. The number of hydrogen-bond donors (Lipinski definition) is 1. The first kappa shape index (κ1) is 16.0. The van der Waals surface area contributed by atoms with Crippen LogP contribution in [0.25, 0.3) is 21.0 Å². The third-order valence-corrected chi connectivity index (χ3v) is 6.68. The molecule has 2 aromatic heterocycles. The number of rotatable bonds is 3. The second-order valence-corrected chi connectivity index (χ2v) is 8.69. The van der Waals surface area contributed by atoms with Gasteiger partial charge < -0.3 is 0 Å². The average Bonchev–Trinajstić information content (AvgIpc) is 2.89. The minimum absolute atomic E-state index is 0.211. The number of sulfonamides is 1. The zero-order valence-electron chi connectivity index (χ0n) is 13.6. The van der Waals surface area contributed by atoms with Crippen molar-refractivity contribution in [1.82, 2.24) is 9.97 Å². The zero-order valence-corrected chi connectivity index (χ0v) is 15.3. The van der Waals surface area contributed by atoms with Gasteiger partial charge in [-0.05, 0) is 42.3 Å². The lowest BCUT2D eigenvalue weighted by atomic mass is 10.1. The van der Waals surface area contributed by atoms with E-state index >= 15 is 0 Å². The molecule has 4 aromatic rings. The van der Waals surface area contributed by atoms with E-state index in [9.17, 15) is 8.42 Å². The van der Waals surface area contributed by atoms with E-state index < -0.39 is 10.0 Å². The van der Waals surface area contributed by atoms with Crippen LogP contribution in [0.3, 0.4) is 0 Å². The van der Waals surface area contributed by atoms with Crippen LogP contribution in [0.2, 0.25) is 0 Å². The summed E-state index contributed by atoms with van der Waals surface area (Å²) in [6.07, 6.45) is 1.38. The topological polar surface area (TPSA) is 72.0 Å². The van der Waals surface area contributed by atoms with Gasteiger partial charge in [0, 0.05) is 4.88 Å². The smallest absolute Gasteiger partial charge is 0.263 e. The Balaban J connectivity index is 1.81. The van der Waals surface area contributed by atoms with E-state index in [0.29, 0.717) is 5.82 Å². The maximum atomic E-state index is 12.8. The maximum absolute atomic E-state index is 12.8. The van der Waals surface area contributed by atoms with Gasteiger partial charge in [-0.3, -0.25) is 4.72 Å². The molecule has 1 N–H and O–H groups in total. The molecular formula is C18H15N3O2S2. The van der Waals surface area contributed by atoms with Crippen molar-refractivity contribution in [3.63, 3.8) is 0 Å². The molecule has 5 nitrogen and oxygen atoms in total. The molecule has 0 aliphatic carbocycles. The Bertz CT molecular complexity index is 1210. The Morgan fingerprint density at radius 1 is 1.00 bits per heavy atom. The van der Waals surface area contributed by atoms with Gasteiger partial charge in [-0.25, -0.2) is 18.4 Å². The van der Waals surface area contributed by atoms with Gasteiger partial charge in [0.15, 0.2) is 5.82 Å². The average molecular weight is 369 g/mol. The molecule has 0 spiro atoms. The molecule has 0 amide bonds. The van der Waals surface area contributed by atoms with E-state index in [0.717, 1.165) is 31.4 Å². The molecule has 0 unspecified atom stereocenters. The summed E-state index contributed by atoms with van der Waals surface area (Å²) in [5, 5.41) is 2.63. The molecule has 2 heterocycles. The molecule has 4 rings (SSSR count). The molecule has 0 atom stereocenters. The minimum Gasteiger partial charge on any atom is -0.263 e. The van der Waals surface area contributed by atoms with Crippen molar-refractivity contribution in [2.45, 2.75) is 18.7 Å². The number of anilines is 1. The number of hydrogen-bond acceptors (Lipinski definition) is 5. The Morgan fingerprint density at radius 2 is 1.76 bits per heavy atom. The third kappa shape index (κ3) is 2.75. The van der Waals surface area contributed by atoms with Crippen molar-refractivity contribution in [2.75, 3.05) is 4.72 Å². The summed E-state index contributed by atoms with van der Waals surface area (Å²) in [7, 11) is -3.74. The summed E-state index contributed by atoms with van der Waals surface area (Å²) in [6.45, 7) is 3.94. The standard InChI is InChI=1S/C18H15N3O2S2/c1-11-12(2)24-18-16(11)17(19-10-20-18)21-25(22,23)15-8-7-13-5-3-4-6-14(13)9-15/h3-10H,1-2H3,(H,19,20,21). The summed E-state index contributed by atoms with van der Waals surface area (Å²) in [5.74, 6) is 0.319. The highest BCUT2D eigenvalue weighted by atomic mass is 32.2. The lowest BCUT2D eigenvalue weighted by molar-refractivity contribution is 0.601. The number of nitrogens with zero attached hydrogens (tertiary/aromatic N) is 2. The van der Waals surface area contributed by atoms with Gasteiger partial charge in [0.25, 0.3) is 10.0 Å². The Morgan fingerprint density at radius 3 is 2.56 bits per heavy atom. The Kier molecular flexibility index (Phi) is 3.70. The van der Waals surface area contributed by atoms with E-state index in [4.69, 9.17) is 0 Å². The third-order valence-electron chi connectivity index (χ3n) is 4.23. The quantitative estimate of drug-likeness (QED) is 0.586. The molecule has 0 radical (unpaired) electrons. The highest BCUT2D eigenvalue weighted by Gasteiger charge is 2.19. The fourth-order valence-corrected chi connectivity index (χ4v) is 4.83. The van der Waals surface area contributed by atoms with Crippen molar-refractivity contribution < 1.29 is 8.42 Å². The van der Waals surface area contributed by atoms with Crippen LogP contribution in [0.5, 0.6) is 0 Å². The number of thiophene rings is 1. The van der Waals surface area contributed by atoms with Crippen LogP contribution in [0.4, 0.5) is 5.82 Å². The van der Waals surface area contributed by atoms with Crippen molar-refractivity contribution in [3.8, 4) is 0 Å². The summed E-state index contributed by atoms with van der Waals surface area (Å²) in [6, 6.07) is 12.7. The molecule has 0 aliphatic heterocycles. The van der Waals surface area contributed by atoms with Crippen molar-refractivity contribution in [2.24, 2.45) is 0 Å². The Labute approximate surface area is 149 Å². The van der Waals surface area contributed by atoms with Gasteiger partial charge in [-0.1, -0.05) is 30.3 Å². The van der Waals surface area contributed by atoms with Gasteiger partial charge >= 0.3 is 0 Å². The normalized spacial score (nSPS) is 11.9. The second-order valence-electron chi connectivity index (χ2n) is 5.80. The Hall–Kier alpha value is -2.51. The lowest BCUT2D eigenvalue weighted by Crippen LogP contribution is -2.14. The fraction of sp³-hybridized carbons (Fsp3) is 0.111. The second kappa shape index (κ2) is 5.79. The van der Waals surface area contributed by atoms with Crippen LogP contribution in [-0.2, 0) is 10.0 Å². The van der Waals surface area contributed by atoms with Gasteiger partial charge in [0.2, 0.25) is 0 Å². The van der Waals surface area contributed by atoms with E-state index in [2.05, 4.69) is 14.7 Å². The maximum Gasteiger partial charge on any atom is 0.263 e. The summed E-state index contributed by atoms with van der Waals surface area (Å²) < 4.78 is 28.3. The first-order valence-electron chi connectivity index (χ1n) is 7.68. The van der Waals surface area contributed by atoms with Gasteiger partial charge in [0.1, 0.15) is 11.2 Å². The van der Waals surface area contributed by atoms with E-state index in [1.807, 2.05) is 38.1 Å². The van der Waals surface area contributed by atoms with E-state index in [1.165, 1.54) is 17.7 Å². The number of aryl methyl sites for hydroxylation is 2. The van der Waals surface area contributed by atoms with Crippen molar-refractivity contribution in [1.29, 1.82) is 0 Å². The van der Waals surface area contributed by atoms with Crippen molar-refractivity contribution in [3.05, 3.63) is 59.2 Å². The van der Waals surface area contributed by atoms with Crippen LogP contribution >= 0.6 is 11.3 Å². The van der Waals surface area contributed by atoms with Crippen LogP contribution < -0.4 is 4.72 Å². The first-order valence-corrected chi connectivity index (χ1v) is 9.98. The summed E-state index contributed by atoms with van der Waals surface area (Å²) in [5.41, 5.74) is 0.997. The van der Waals surface area contributed by atoms with Crippen molar-refractivity contribution >= 4 is 48.2 Å². The van der Waals surface area contributed by atoms with Crippen LogP contribution in [0.15, 0.2) is 53.7 Å². The van der Waals surface area contributed by atoms with Gasteiger partial charge in [-0.15, -0.1) is 11.3 Å². The van der Waals surface area contributed by atoms with Crippen LogP contribution in [0, 0.1) is 13.8 Å². The minimum atomic E-state index is -3.74. The first-order chi connectivity index (χ1) is 12.0. The molecule has 0 aliphatic rings. The predicted molar refractivity (Wildman–Crippen MR) is 102 cm³/mol. The molecular weight excluding hydrogens is 354 g/mol. The van der Waals surface area contributed by atoms with E-state index in [1.54, 1.807) is 18.2 Å². The summed E-state index contributed by atoms with van der Waals surface area (Å²) >= 11 is 1.53. The molecule has 126 valence electrons. The molecule has 2 aromatic carbocycles. The molecule has 0 saturated heterocycles. The molecule has 0 saturated carbocycles. The monoisotopic (exact) mass is 369 g/mol. The predicted octanol–water partition coefficient (Wildman–Crippen LogP) is 4.26. The summed E-state index contributed by atoms with van der Waals surface area (Å²) in [4.78, 5) is 10.5. The molecule has 25 heavy (non-hydrogen) atoms. The molecule has 0 bridgehead atoms. The number of fused-ring (bicyclic) bond motifs is 2. The number of nitrogens with one attached hydrogen (secondary N) is 1. The van der Waals surface area contributed by atoms with E-state index in [-0.39, 0.29) is 4.90 Å². The largest absolute Gasteiger partial charge is 0.263 e.